The van der Waals surface area contributed by atoms with E-state index in [1.54, 1.807) is 0 Å². The highest BCUT2D eigenvalue weighted by Crippen LogP contribution is 2.29. The summed E-state index contributed by atoms with van der Waals surface area (Å²) < 4.78 is 0. The topological polar surface area (TPSA) is 38.7 Å². The zero-order valence-corrected chi connectivity index (χ0v) is 9.66. The first-order valence-corrected chi connectivity index (χ1v) is 5.95. The van der Waals surface area contributed by atoms with Crippen LogP contribution in [0.25, 0.3) is 0 Å². The average molecular weight is 205 g/mol. The Hall–Kier alpha value is -0.990. The Kier molecular flexibility index (Phi) is 3.29. The molecule has 0 aromatic carbocycles. The lowest BCUT2D eigenvalue weighted by Gasteiger charge is -2.12. The number of hydrogen-bond donors (Lipinski definition) is 0. The predicted molar refractivity (Wildman–Crippen MR) is 59.7 cm³/mol. The Morgan fingerprint density at radius 2 is 1.53 bits per heavy atom. The molecule has 1 heterocycles. The van der Waals surface area contributed by atoms with Gasteiger partial charge in [0.1, 0.15) is 0 Å². The summed E-state index contributed by atoms with van der Waals surface area (Å²) >= 11 is 0. The van der Waals surface area contributed by atoms with E-state index in [9.17, 15) is 0 Å². The lowest BCUT2D eigenvalue weighted by atomic mass is 10.00. The molecule has 1 aliphatic carbocycles. The molecule has 0 bridgehead atoms. The van der Waals surface area contributed by atoms with Crippen molar-refractivity contribution in [1.29, 1.82) is 0 Å². The second-order valence-electron chi connectivity index (χ2n) is 4.53. The number of aryl methyl sites for hydroxylation is 2. The van der Waals surface area contributed by atoms with Crippen LogP contribution in [0.4, 0.5) is 0 Å². The van der Waals surface area contributed by atoms with E-state index in [1.165, 1.54) is 38.5 Å². The molecule has 2 rings (SSSR count). The number of hydrogen-bond acceptors (Lipinski definition) is 3. The molecule has 0 aliphatic heterocycles. The van der Waals surface area contributed by atoms with Gasteiger partial charge in [-0.05, 0) is 26.7 Å². The van der Waals surface area contributed by atoms with Gasteiger partial charge < -0.3 is 0 Å². The second kappa shape index (κ2) is 4.69. The molecule has 1 aromatic rings. The van der Waals surface area contributed by atoms with Crippen molar-refractivity contribution >= 4 is 0 Å². The summed E-state index contributed by atoms with van der Waals surface area (Å²) in [6, 6.07) is 0. The summed E-state index contributed by atoms with van der Waals surface area (Å²) in [5, 5.41) is 8.42. The second-order valence-corrected chi connectivity index (χ2v) is 4.53. The molecule has 0 amide bonds. The van der Waals surface area contributed by atoms with E-state index in [0.29, 0.717) is 5.92 Å². The minimum atomic E-state index is 0.555. The van der Waals surface area contributed by atoms with Gasteiger partial charge in [-0.2, -0.15) is 5.10 Å². The molecule has 1 fully saturated rings. The minimum Gasteiger partial charge on any atom is -0.234 e. The quantitative estimate of drug-likeness (QED) is 0.662. The van der Waals surface area contributed by atoms with Crippen LogP contribution in [0.2, 0.25) is 0 Å². The van der Waals surface area contributed by atoms with E-state index >= 15 is 0 Å². The Morgan fingerprint density at radius 1 is 0.867 bits per heavy atom. The molecule has 3 heteroatoms. The molecule has 15 heavy (non-hydrogen) atoms. The molecule has 1 aliphatic rings. The molecule has 3 nitrogen and oxygen atoms in total. The highest BCUT2D eigenvalue weighted by atomic mass is 15.2. The maximum absolute atomic E-state index is 4.56. The van der Waals surface area contributed by atoms with Crippen molar-refractivity contribution in [1.82, 2.24) is 15.2 Å². The fourth-order valence-corrected chi connectivity index (χ4v) is 2.18. The van der Waals surface area contributed by atoms with Crippen molar-refractivity contribution in [3.05, 3.63) is 17.2 Å². The van der Waals surface area contributed by atoms with Crippen molar-refractivity contribution in [2.24, 2.45) is 0 Å². The van der Waals surface area contributed by atoms with Gasteiger partial charge in [0.15, 0.2) is 5.82 Å². The van der Waals surface area contributed by atoms with Crippen LogP contribution in [-0.2, 0) is 0 Å². The summed E-state index contributed by atoms with van der Waals surface area (Å²) in [5.74, 6) is 1.53. The van der Waals surface area contributed by atoms with E-state index in [4.69, 9.17) is 0 Å². The van der Waals surface area contributed by atoms with Gasteiger partial charge in [-0.25, -0.2) is 4.98 Å². The van der Waals surface area contributed by atoms with Gasteiger partial charge in [-0.3, -0.25) is 0 Å². The zero-order valence-electron chi connectivity index (χ0n) is 9.66. The highest BCUT2D eigenvalue weighted by molar-refractivity contribution is 5.07. The van der Waals surface area contributed by atoms with Crippen LogP contribution in [0.1, 0.15) is 61.7 Å². The van der Waals surface area contributed by atoms with Gasteiger partial charge in [0.05, 0.1) is 11.4 Å². The SMILES string of the molecule is Cc1nnc(C2CCCCCC2)nc1C. The summed E-state index contributed by atoms with van der Waals surface area (Å²) in [4.78, 5) is 4.56. The lowest BCUT2D eigenvalue weighted by molar-refractivity contribution is 0.546. The standard InChI is InChI=1S/C12H19N3/c1-9-10(2)14-15-12(13-9)11-7-5-3-4-6-8-11/h11H,3-8H2,1-2H3. The van der Waals surface area contributed by atoms with Crippen molar-refractivity contribution in [3.8, 4) is 0 Å². The summed E-state index contributed by atoms with van der Waals surface area (Å²) in [6.07, 6.45) is 7.86. The molecule has 0 atom stereocenters. The molecule has 0 spiro atoms. The largest absolute Gasteiger partial charge is 0.234 e. The van der Waals surface area contributed by atoms with Crippen LogP contribution < -0.4 is 0 Å². The molecule has 82 valence electrons. The van der Waals surface area contributed by atoms with Crippen LogP contribution in [0.5, 0.6) is 0 Å². The number of aromatic nitrogens is 3. The van der Waals surface area contributed by atoms with Crippen LogP contribution in [-0.4, -0.2) is 15.2 Å². The predicted octanol–water partition coefficient (Wildman–Crippen LogP) is 2.93. The van der Waals surface area contributed by atoms with Crippen molar-refractivity contribution in [2.75, 3.05) is 0 Å². The first kappa shape index (κ1) is 10.5. The maximum Gasteiger partial charge on any atom is 0.154 e. The Labute approximate surface area is 91.3 Å². The third-order valence-corrected chi connectivity index (χ3v) is 3.33. The van der Waals surface area contributed by atoms with E-state index in [0.717, 1.165) is 17.2 Å². The Bertz CT molecular complexity index is 328. The summed E-state index contributed by atoms with van der Waals surface area (Å²) in [5.41, 5.74) is 1.98. The van der Waals surface area contributed by atoms with Crippen LogP contribution >= 0.6 is 0 Å². The normalized spacial score (nSPS) is 18.8. The number of rotatable bonds is 1. The molecule has 0 radical (unpaired) electrons. The summed E-state index contributed by atoms with van der Waals surface area (Å²) in [6.45, 7) is 3.98. The van der Waals surface area contributed by atoms with E-state index < -0.39 is 0 Å². The fourth-order valence-electron chi connectivity index (χ4n) is 2.18. The van der Waals surface area contributed by atoms with Gasteiger partial charge in [0, 0.05) is 5.92 Å². The zero-order chi connectivity index (χ0) is 10.7. The Balaban J connectivity index is 2.16. The molecule has 0 saturated heterocycles. The van der Waals surface area contributed by atoms with Gasteiger partial charge in [0.25, 0.3) is 0 Å². The highest BCUT2D eigenvalue weighted by Gasteiger charge is 2.17. The van der Waals surface area contributed by atoms with Crippen LogP contribution in [0.15, 0.2) is 0 Å². The van der Waals surface area contributed by atoms with Gasteiger partial charge in [0.2, 0.25) is 0 Å². The van der Waals surface area contributed by atoms with Crippen LogP contribution in [0, 0.1) is 13.8 Å². The van der Waals surface area contributed by atoms with Gasteiger partial charge in [-0.1, -0.05) is 25.7 Å². The first-order chi connectivity index (χ1) is 7.27. The van der Waals surface area contributed by atoms with Gasteiger partial charge >= 0.3 is 0 Å². The third kappa shape index (κ3) is 2.52. The van der Waals surface area contributed by atoms with Crippen molar-refractivity contribution < 1.29 is 0 Å². The number of nitrogens with zero attached hydrogens (tertiary/aromatic N) is 3. The van der Waals surface area contributed by atoms with E-state index in [-0.39, 0.29) is 0 Å². The molecular formula is C12H19N3. The first-order valence-electron chi connectivity index (χ1n) is 5.95. The summed E-state index contributed by atoms with van der Waals surface area (Å²) in [7, 11) is 0. The molecule has 1 saturated carbocycles. The molecule has 0 unspecified atom stereocenters. The monoisotopic (exact) mass is 205 g/mol. The minimum absolute atomic E-state index is 0.555. The van der Waals surface area contributed by atoms with Crippen LogP contribution in [0.3, 0.4) is 0 Å². The van der Waals surface area contributed by atoms with E-state index in [2.05, 4.69) is 15.2 Å². The lowest BCUT2D eigenvalue weighted by Crippen LogP contribution is -2.08. The Morgan fingerprint density at radius 3 is 2.13 bits per heavy atom. The molecule has 1 aromatic heterocycles. The van der Waals surface area contributed by atoms with Crippen molar-refractivity contribution in [3.63, 3.8) is 0 Å². The van der Waals surface area contributed by atoms with Crippen molar-refractivity contribution in [2.45, 2.75) is 58.3 Å². The average Bonchev–Trinajstić information content (AvgIpc) is 2.50. The molecular weight excluding hydrogens is 186 g/mol. The fraction of sp³-hybridized carbons (Fsp3) is 0.750. The third-order valence-electron chi connectivity index (χ3n) is 3.33. The smallest absolute Gasteiger partial charge is 0.154 e. The molecule has 0 N–H and O–H groups in total. The van der Waals surface area contributed by atoms with E-state index in [1.807, 2.05) is 13.8 Å². The maximum atomic E-state index is 4.56. The van der Waals surface area contributed by atoms with Gasteiger partial charge in [-0.15, -0.1) is 5.10 Å².